The fourth-order valence-electron chi connectivity index (χ4n) is 2.16. The number of hydrogen-bond donors (Lipinski definition) is 2. The zero-order valence-electron chi connectivity index (χ0n) is 10.8. The summed E-state index contributed by atoms with van der Waals surface area (Å²) in [5.41, 5.74) is 0. The molecule has 0 radical (unpaired) electrons. The van der Waals surface area contributed by atoms with Gasteiger partial charge in [-0.2, -0.15) is 4.31 Å². The van der Waals surface area contributed by atoms with Crippen LogP contribution in [-0.2, 0) is 14.8 Å². The number of carboxylic acid groups (broad SMARTS) is 1. The third kappa shape index (κ3) is 2.62. The smallest absolute Gasteiger partial charge is 0.322 e. The van der Waals surface area contributed by atoms with Crippen LogP contribution in [0.15, 0.2) is 29.2 Å². The zero-order valence-corrected chi connectivity index (χ0v) is 11.6. The highest BCUT2D eigenvalue weighted by Gasteiger charge is 2.43. The van der Waals surface area contributed by atoms with Gasteiger partial charge in [0.25, 0.3) is 0 Å². The normalized spacial score (nSPS) is 23.7. The average Bonchev–Trinajstić information content (AvgIpc) is 2.82. The number of aliphatic hydroxyl groups excluding tert-OH is 1. The Morgan fingerprint density at radius 3 is 2.45 bits per heavy atom. The summed E-state index contributed by atoms with van der Waals surface area (Å²) in [5.74, 6) is -0.765. The number of methoxy groups -OCH3 is 1. The SMILES string of the molecule is COc1ccc(S(=O)(=O)N2C[C@H](O)C[C@H]2C(=O)O)cc1. The second-order valence-corrected chi connectivity index (χ2v) is 6.38. The van der Waals surface area contributed by atoms with Gasteiger partial charge in [-0.3, -0.25) is 4.79 Å². The Morgan fingerprint density at radius 1 is 1.35 bits per heavy atom. The van der Waals surface area contributed by atoms with Gasteiger partial charge in [0.2, 0.25) is 10.0 Å². The third-order valence-corrected chi connectivity index (χ3v) is 5.07. The van der Waals surface area contributed by atoms with E-state index in [1.165, 1.54) is 31.4 Å². The molecule has 0 amide bonds. The van der Waals surface area contributed by atoms with E-state index in [2.05, 4.69) is 0 Å². The molecule has 20 heavy (non-hydrogen) atoms. The van der Waals surface area contributed by atoms with Crippen LogP contribution in [0.4, 0.5) is 0 Å². The van der Waals surface area contributed by atoms with Gasteiger partial charge in [0.05, 0.1) is 18.1 Å². The lowest BCUT2D eigenvalue weighted by Crippen LogP contribution is -2.40. The van der Waals surface area contributed by atoms with Gasteiger partial charge in [-0.25, -0.2) is 8.42 Å². The van der Waals surface area contributed by atoms with Crippen molar-refractivity contribution in [1.82, 2.24) is 4.31 Å². The van der Waals surface area contributed by atoms with Crippen LogP contribution in [-0.4, -0.2) is 54.7 Å². The van der Waals surface area contributed by atoms with Crippen molar-refractivity contribution in [2.45, 2.75) is 23.5 Å². The number of β-amino-alcohol motifs (C(OH)–C–C–N with tert-alkyl or cyclic N) is 1. The van der Waals surface area contributed by atoms with Crippen molar-refractivity contribution < 1.29 is 28.2 Å². The molecular formula is C12H15NO6S. The molecule has 0 bridgehead atoms. The Bertz CT molecular complexity index is 597. The van der Waals surface area contributed by atoms with Gasteiger partial charge in [0, 0.05) is 13.0 Å². The maximum absolute atomic E-state index is 12.4. The fourth-order valence-corrected chi connectivity index (χ4v) is 3.79. The standard InChI is InChI=1S/C12H15NO6S/c1-19-9-2-4-10(5-3-9)20(17,18)13-7-8(14)6-11(13)12(15)16/h2-5,8,11,14H,6-7H2,1H3,(H,15,16)/t8-,11+/m1/s1. The van der Waals surface area contributed by atoms with Crippen molar-refractivity contribution in [3.8, 4) is 5.75 Å². The molecular weight excluding hydrogens is 286 g/mol. The Labute approximate surface area is 116 Å². The summed E-state index contributed by atoms with van der Waals surface area (Å²) >= 11 is 0. The topological polar surface area (TPSA) is 104 Å². The molecule has 1 heterocycles. The number of ether oxygens (including phenoxy) is 1. The van der Waals surface area contributed by atoms with Crippen molar-refractivity contribution in [1.29, 1.82) is 0 Å². The number of carboxylic acids is 1. The summed E-state index contributed by atoms with van der Waals surface area (Å²) in [6.45, 7) is -0.217. The maximum atomic E-state index is 12.4. The largest absolute Gasteiger partial charge is 0.497 e. The number of benzene rings is 1. The first-order valence-corrected chi connectivity index (χ1v) is 7.37. The van der Waals surface area contributed by atoms with Crippen molar-refractivity contribution >= 4 is 16.0 Å². The molecule has 8 heteroatoms. The number of nitrogens with zero attached hydrogens (tertiary/aromatic N) is 1. The molecule has 1 aliphatic heterocycles. The van der Waals surface area contributed by atoms with Crippen LogP contribution in [0, 0.1) is 0 Å². The highest BCUT2D eigenvalue weighted by molar-refractivity contribution is 7.89. The molecule has 2 atom stereocenters. The van der Waals surface area contributed by atoms with Crippen LogP contribution in [0.3, 0.4) is 0 Å². The second kappa shape index (κ2) is 5.39. The first kappa shape index (κ1) is 14.8. The zero-order chi connectivity index (χ0) is 14.9. The third-order valence-electron chi connectivity index (χ3n) is 3.18. The minimum Gasteiger partial charge on any atom is -0.497 e. The summed E-state index contributed by atoms with van der Waals surface area (Å²) in [6, 6.07) is 4.41. The van der Waals surface area contributed by atoms with Crippen LogP contribution in [0.2, 0.25) is 0 Å². The molecule has 7 nitrogen and oxygen atoms in total. The van der Waals surface area contributed by atoms with Gasteiger partial charge in [0.1, 0.15) is 11.8 Å². The maximum Gasteiger partial charge on any atom is 0.322 e. The first-order valence-electron chi connectivity index (χ1n) is 5.93. The number of sulfonamides is 1. The van der Waals surface area contributed by atoms with Crippen LogP contribution >= 0.6 is 0 Å². The highest BCUT2D eigenvalue weighted by Crippen LogP contribution is 2.27. The van der Waals surface area contributed by atoms with E-state index in [1.54, 1.807) is 0 Å². The molecule has 0 spiro atoms. The number of aliphatic carboxylic acids is 1. The van der Waals surface area contributed by atoms with Crippen LogP contribution in [0.25, 0.3) is 0 Å². The Hall–Kier alpha value is -1.64. The quantitative estimate of drug-likeness (QED) is 0.805. The predicted molar refractivity (Wildman–Crippen MR) is 68.9 cm³/mol. The van der Waals surface area contributed by atoms with Gasteiger partial charge in [-0.1, -0.05) is 0 Å². The van der Waals surface area contributed by atoms with Gasteiger partial charge in [-0.05, 0) is 24.3 Å². The number of aliphatic hydroxyl groups is 1. The van der Waals surface area contributed by atoms with Crippen molar-refractivity contribution in [3.05, 3.63) is 24.3 Å². The Balaban J connectivity index is 2.35. The van der Waals surface area contributed by atoms with Gasteiger partial charge in [0.15, 0.2) is 0 Å². The molecule has 0 aromatic heterocycles. The number of hydrogen-bond acceptors (Lipinski definition) is 5. The summed E-state index contributed by atoms with van der Waals surface area (Å²) in [5, 5.41) is 18.6. The van der Waals surface area contributed by atoms with Gasteiger partial charge < -0.3 is 14.9 Å². The van der Waals surface area contributed by atoms with E-state index >= 15 is 0 Å². The molecule has 1 aromatic carbocycles. The minimum atomic E-state index is -3.95. The summed E-state index contributed by atoms with van der Waals surface area (Å²) in [4.78, 5) is 11.1. The van der Waals surface area contributed by atoms with E-state index < -0.39 is 28.1 Å². The Morgan fingerprint density at radius 2 is 1.95 bits per heavy atom. The lowest BCUT2D eigenvalue weighted by atomic mass is 10.2. The molecule has 0 saturated carbocycles. The van der Waals surface area contributed by atoms with E-state index in [0.29, 0.717) is 5.75 Å². The van der Waals surface area contributed by atoms with Gasteiger partial charge in [-0.15, -0.1) is 0 Å². The van der Waals surface area contributed by atoms with E-state index in [9.17, 15) is 18.3 Å². The number of rotatable bonds is 4. The molecule has 0 unspecified atom stereocenters. The van der Waals surface area contributed by atoms with Crippen molar-refractivity contribution in [3.63, 3.8) is 0 Å². The number of carbonyl (C=O) groups is 1. The van der Waals surface area contributed by atoms with E-state index in [4.69, 9.17) is 9.84 Å². The highest BCUT2D eigenvalue weighted by atomic mass is 32.2. The van der Waals surface area contributed by atoms with Gasteiger partial charge >= 0.3 is 5.97 Å². The van der Waals surface area contributed by atoms with Crippen LogP contribution in [0.5, 0.6) is 5.75 Å². The molecule has 1 aliphatic rings. The lowest BCUT2D eigenvalue weighted by molar-refractivity contribution is -0.140. The van der Waals surface area contributed by atoms with E-state index in [0.717, 1.165) is 4.31 Å². The summed E-state index contributed by atoms with van der Waals surface area (Å²) in [6.07, 6.45) is -1.07. The molecule has 1 aromatic rings. The van der Waals surface area contributed by atoms with Crippen LogP contribution < -0.4 is 4.74 Å². The minimum absolute atomic E-state index is 0.0290. The summed E-state index contributed by atoms with van der Waals surface area (Å²) in [7, 11) is -2.49. The molecule has 2 N–H and O–H groups in total. The molecule has 1 fully saturated rings. The molecule has 2 rings (SSSR count). The van der Waals surface area contributed by atoms with Crippen molar-refractivity contribution in [2.75, 3.05) is 13.7 Å². The van der Waals surface area contributed by atoms with E-state index in [1.807, 2.05) is 0 Å². The average molecular weight is 301 g/mol. The molecule has 1 saturated heterocycles. The van der Waals surface area contributed by atoms with E-state index in [-0.39, 0.29) is 17.9 Å². The Kier molecular flexibility index (Phi) is 3.98. The monoisotopic (exact) mass is 301 g/mol. The predicted octanol–water partition coefficient (Wildman–Crippen LogP) is -0.0963. The van der Waals surface area contributed by atoms with Crippen molar-refractivity contribution in [2.24, 2.45) is 0 Å². The lowest BCUT2D eigenvalue weighted by Gasteiger charge is -2.20. The fraction of sp³-hybridized carbons (Fsp3) is 0.417. The summed E-state index contributed by atoms with van der Waals surface area (Å²) < 4.78 is 30.6. The second-order valence-electron chi connectivity index (χ2n) is 4.49. The molecule has 0 aliphatic carbocycles. The van der Waals surface area contributed by atoms with Crippen LogP contribution in [0.1, 0.15) is 6.42 Å². The molecule has 110 valence electrons. The first-order chi connectivity index (χ1) is 9.36.